The van der Waals surface area contributed by atoms with Crippen LogP contribution >= 0.6 is 0 Å². The van der Waals surface area contributed by atoms with Crippen molar-refractivity contribution in [2.75, 3.05) is 0 Å². The van der Waals surface area contributed by atoms with Crippen molar-refractivity contribution < 1.29 is 5.11 Å². The van der Waals surface area contributed by atoms with Crippen LogP contribution in [-0.2, 0) is 13.6 Å². The molecule has 20 heavy (non-hydrogen) atoms. The van der Waals surface area contributed by atoms with Gasteiger partial charge in [-0.05, 0) is 5.56 Å². The van der Waals surface area contributed by atoms with Gasteiger partial charge in [-0.1, -0.05) is 35.5 Å². The number of hydrogen-bond acceptors (Lipinski definition) is 5. The Morgan fingerprint density at radius 1 is 1.30 bits per heavy atom. The topological polar surface area (TPSA) is 85.8 Å². The molecule has 2 heterocycles. The summed E-state index contributed by atoms with van der Waals surface area (Å²) in [5, 5.41) is 22.3. The predicted octanol–water partition coefficient (Wildman–Crippen LogP) is 0.259. The first-order valence-corrected chi connectivity index (χ1v) is 6.15. The molecule has 1 N–H and O–H groups in total. The van der Waals surface area contributed by atoms with Crippen LogP contribution in [0.1, 0.15) is 11.7 Å². The molecule has 0 spiro atoms. The zero-order chi connectivity index (χ0) is 14.1. The number of benzene rings is 1. The van der Waals surface area contributed by atoms with Crippen molar-refractivity contribution >= 4 is 11.0 Å². The lowest BCUT2D eigenvalue weighted by Gasteiger charge is -2.11. The Bertz CT molecular complexity index is 793. The summed E-state index contributed by atoms with van der Waals surface area (Å²) in [5.74, 6) is 0. The Morgan fingerprint density at radius 3 is 2.80 bits per heavy atom. The number of fused-ring (bicyclic) bond motifs is 1. The Labute approximate surface area is 114 Å². The first-order valence-electron chi connectivity index (χ1n) is 6.15. The predicted molar refractivity (Wildman–Crippen MR) is 72.0 cm³/mol. The molecule has 0 aliphatic rings. The highest BCUT2D eigenvalue weighted by atomic mass is 16.3. The van der Waals surface area contributed by atoms with E-state index in [1.165, 1.54) is 10.9 Å². The molecule has 3 aromatic rings. The zero-order valence-electron chi connectivity index (χ0n) is 10.8. The molecule has 0 radical (unpaired) electrons. The lowest BCUT2D eigenvalue weighted by Crippen LogP contribution is -2.27. The summed E-state index contributed by atoms with van der Waals surface area (Å²) in [6.45, 7) is 0.0562. The van der Waals surface area contributed by atoms with Crippen LogP contribution in [0, 0.1) is 0 Å². The van der Waals surface area contributed by atoms with Gasteiger partial charge >= 0.3 is 0 Å². The smallest absolute Gasteiger partial charge is 0.280 e. The van der Waals surface area contributed by atoms with Gasteiger partial charge < -0.3 is 5.11 Å². The van der Waals surface area contributed by atoms with Crippen molar-refractivity contribution in [1.29, 1.82) is 0 Å². The highest BCUT2D eigenvalue weighted by molar-refractivity contribution is 5.72. The molecule has 2 aromatic heterocycles. The van der Waals surface area contributed by atoms with Gasteiger partial charge in [-0.15, -0.1) is 5.10 Å². The third kappa shape index (κ3) is 2.08. The van der Waals surface area contributed by atoms with E-state index in [9.17, 15) is 9.90 Å². The van der Waals surface area contributed by atoms with E-state index in [4.69, 9.17) is 0 Å². The third-order valence-electron chi connectivity index (χ3n) is 3.15. The maximum atomic E-state index is 12.2. The average molecular weight is 271 g/mol. The van der Waals surface area contributed by atoms with Crippen LogP contribution in [0.5, 0.6) is 0 Å². The fraction of sp³-hybridized carbons (Fsp3) is 0.231. The molecule has 0 bridgehead atoms. The maximum Gasteiger partial charge on any atom is 0.280 e. The molecule has 102 valence electrons. The molecule has 0 aliphatic carbocycles. The summed E-state index contributed by atoms with van der Waals surface area (Å²) in [5.41, 5.74) is 0.853. The molecule has 0 saturated carbocycles. The molecule has 1 atom stereocenters. The Morgan fingerprint density at radius 2 is 2.05 bits per heavy atom. The minimum Gasteiger partial charge on any atom is -0.386 e. The fourth-order valence-electron chi connectivity index (χ4n) is 2.04. The number of aliphatic hydroxyl groups excluding tert-OH is 1. The van der Waals surface area contributed by atoms with Crippen LogP contribution in [0.3, 0.4) is 0 Å². The van der Waals surface area contributed by atoms with Crippen molar-refractivity contribution in [3.05, 3.63) is 52.4 Å². The third-order valence-corrected chi connectivity index (χ3v) is 3.15. The number of rotatable bonds is 3. The first kappa shape index (κ1) is 12.5. The highest BCUT2D eigenvalue weighted by Crippen LogP contribution is 2.13. The summed E-state index contributed by atoms with van der Waals surface area (Å²) in [6.07, 6.45) is 0.648. The lowest BCUT2D eigenvalue weighted by molar-refractivity contribution is 0.148. The molecule has 7 heteroatoms. The molecule has 0 amide bonds. The Kier molecular flexibility index (Phi) is 3.03. The van der Waals surface area contributed by atoms with Crippen LogP contribution in [0.15, 0.2) is 41.3 Å². The van der Waals surface area contributed by atoms with Gasteiger partial charge in [0.25, 0.3) is 5.56 Å². The summed E-state index contributed by atoms with van der Waals surface area (Å²) in [7, 11) is 1.69. The SMILES string of the molecule is Cn1ncc2c(=O)n(CC(O)c3ccccc3)nnc21. The van der Waals surface area contributed by atoms with Gasteiger partial charge in [0.15, 0.2) is 5.65 Å². The highest BCUT2D eigenvalue weighted by Gasteiger charge is 2.13. The molecular weight excluding hydrogens is 258 g/mol. The second-order valence-corrected chi connectivity index (χ2v) is 4.51. The van der Waals surface area contributed by atoms with Crippen molar-refractivity contribution in [3.63, 3.8) is 0 Å². The number of hydrogen-bond donors (Lipinski definition) is 1. The van der Waals surface area contributed by atoms with Gasteiger partial charge in [0, 0.05) is 7.05 Å². The van der Waals surface area contributed by atoms with E-state index in [2.05, 4.69) is 15.4 Å². The molecule has 0 saturated heterocycles. The standard InChI is InChI=1S/C13H13N5O2/c1-17-12-10(7-14-17)13(20)18(16-15-12)8-11(19)9-5-3-2-4-6-9/h2-7,11,19H,8H2,1H3. The maximum absolute atomic E-state index is 12.2. The van der Waals surface area contributed by atoms with E-state index in [-0.39, 0.29) is 12.1 Å². The quantitative estimate of drug-likeness (QED) is 0.738. The molecule has 7 nitrogen and oxygen atoms in total. The summed E-state index contributed by atoms with van der Waals surface area (Å²) >= 11 is 0. The van der Waals surface area contributed by atoms with Crippen molar-refractivity contribution in [1.82, 2.24) is 24.8 Å². The van der Waals surface area contributed by atoms with E-state index in [0.717, 1.165) is 10.2 Å². The van der Waals surface area contributed by atoms with Crippen molar-refractivity contribution in [2.24, 2.45) is 7.05 Å². The van der Waals surface area contributed by atoms with Crippen molar-refractivity contribution in [3.8, 4) is 0 Å². The molecule has 0 fully saturated rings. The fourth-order valence-corrected chi connectivity index (χ4v) is 2.04. The van der Waals surface area contributed by atoms with Crippen LogP contribution in [0.4, 0.5) is 0 Å². The summed E-state index contributed by atoms with van der Waals surface area (Å²) in [6, 6.07) is 9.12. The average Bonchev–Trinajstić information content (AvgIpc) is 2.85. The number of aliphatic hydroxyl groups is 1. The van der Waals surface area contributed by atoms with Crippen LogP contribution in [0.25, 0.3) is 11.0 Å². The van der Waals surface area contributed by atoms with Crippen LogP contribution < -0.4 is 5.56 Å². The first-order chi connectivity index (χ1) is 9.66. The molecule has 1 unspecified atom stereocenters. The largest absolute Gasteiger partial charge is 0.386 e. The number of nitrogens with zero attached hydrogens (tertiary/aromatic N) is 5. The van der Waals surface area contributed by atoms with Gasteiger partial charge in [0.1, 0.15) is 5.39 Å². The van der Waals surface area contributed by atoms with Crippen molar-refractivity contribution in [2.45, 2.75) is 12.6 Å². The zero-order valence-corrected chi connectivity index (χ0v) is 10.8. The van der Waals surface area contributed by atoms with E-state index < -0.39 is 6.10 Å². The number of aromatic nitrogens is 5. The molecule has 3 rings (SSSR count). The van der Waals surface area contributed by atoms with Gasteiger partial charge in [-0.3, -0.25) is 4.79 Å². The summed E-state index contributed by atoms with van der Waals surface area (Å²) in [4.78, 5) is 12.2. The second-order valence-electron chi connectivity index (χ2n) is 4.51. The molecular formula is C13H13N5O2. The van der Waals surface area contributed by atoms with Gasteiger partial charge in [-0.25, -0.2) is 9.36 Å². The Balaban J connectivity index is 1.95. The van der Waals surface area contributed by atoms with Crippen LogP contribution in [-0.4, -0.2) is 29.9 Å². The molecule has 0 aliphatic heterocycles. The normalized spacial score (nSPS) is 12.7. The van der Waals surface area contributed by atoms with Gasteiger partial charge in [-0.2, -0.15) is 5.10 Å². The Hall–Kier alpha value is -2.54. The van der Waals surface area contributed by atoms with E-state index in [1.807, 2.05) is 18.2 Å². The van der Waals surface area contributed by atoms with Gasteiger partial charge in [0.2, 0.25) is 0 Å². The van der Waals surface area contributed by atoms with E-state index in [0.29, 0.717) is 11.0 Å². The summed E-state index contributed by atoms with van der Waals surface area (Å²) < 4.78 is 2.64. The van der Waals surface area contributed by atoms with Crippen LogP contribution in [0.2, 0.25) is 0 Å². The van der Waals surface area contributed by atoms with E-state index >= 15 is 0 Å². The lowest BCUT2D eigenvalue weighted by atomic mass is 10.1. The van der Waals surface area contributed by atoms with Gasteiger partial charge in [0.05, 0.1) is 18.8 Å². The van der Waals surface area contributed by atoms with E-state index in [1.54, 1.807) is 19.2 Å². The molecule has 1 aromatic carbocycles. The monoisotopic (exact) mass is 271 g/mol. The minimum absolute atomic E-state index is 0.0562. The second kappa shape index (κ2) is 4.86. The minimum atomic E-state index is -0.808. The number of aryl methyl sites for hydroxylation is 1.